The number of hydrogen-bond donors (Lipinski definition) is 2. The molecule has 2 N–H and O–H groups in total. The highest BCUT2D eigenvalue weighted by Gasteiger charge is 2.11. The number of benzene rings is 1. The first-order valence-corrected chi connectivity index (χ1v) is 9.79. The molecule has 0 spiro atoms. The number of anilines is 1. The summed E-state index contributed by atoms with van der Waals surface area (Å²) in [6.07, 6.45) is 3.01. The lowest BCUT2D eigenvalue weighted by Crippen LogP contribution is -2.18. The van der Waals surface area contributed by atoms with Gasteiger partial charge in [-0.1, -0.05) is 12.1 Å². The minimum atomic E-state index is -0.415. The SMILES string of the molecule is COC(=O)c1ccc(/C=C/C(=O)Nc2nc(-c3ccc(CNC(C)=O)o3)cs2)cc1. The van der Waals surface area contributed by atoms with Crippen molar-refractivity contribution in [3.8, 4) is 11.5 Å². The molecule has 2 heterocycles. The third-order valence-electron chi connectivity index (χ3n) is 3.92. The Morgan fingerprint density at radius 3 is 2.63 bits per heavy atom. The molecule has 0 saturated carbocycles. The quantitative estimate of drug-likeness (QED) is 0.443. The van der Waals surface area contributed by atoms with Crippen molar-refractivity contribution in [2.24, 2.45) is 0 Å². The Bertz CT molecular complexity index is 1080. The van der Waals surface area contributed by atoms with Crippen LogP contribution in [0.2, 0.25) is 0 Å². The van der Waals surface area contributed by atoms with Crippen molar-refractivity contribution in [1.82, 2.24) is 10.3 Å². The van der Waals surface area contributed by atoms with E-state index < -0.39 is 5.97 Å². The molecule has 30 heavy (non-hydrogen) atoms. The zero-order chi connectivity index (χ0) is 21.5. The van der Waals surface area contributed by atoms with Crippen LogP contribution in [0.4, 0.5) is 5.13 Å². The van der Waals surface area contributed by atoms with Crippen molar-refractivity contribution in [2.75, 3.05) is 12.4 Å². The second-order valence-electron chi connectivity index (χ2n) is 6.15. The molecule has 9 heteroatoms. The van der Waals surface area contributed by atoms with Crippen LogP contribution in [0.3, 0.4) is 0 Å². The zero-order valence-corrected chi connectivity index (χ0v) is 17.1. The lowest BCUT2D eigenvalue weighted by molar-refractivity contribution is -0.119. The van der Waals surface area contributed by atoms with Crippen molar-refractivity contribution in [1.29, 1.82) is 0 Å². The van der Waals surface area contributed by atoms with Gasteiger partial charge in [0.05, 0.1) is 19.2 Å². The van der Waals surface area contributed by atoms with Gasteiger partial charge < -0.3 is 14.5 Å². The van der Waals surface area contributed by atoms with E-state index in [1.807, 2.05) is 0 Å². The van der Waals surface area contributed by atoms with Crippen LogP contribution in [-0.2, 0) is 20.9 Å². The summed E-state index contributed by atoms with van der Waals surface area (Å²) in [5.74, 6) is 0.271. The van der Waals surface area contributed by atoms with Gasteiger partial charge in [-0.2, -0.15) is 0 Å². The van der Waals surface area contributed by atoms with Crippen LogP contribution >= 0.6 is 11.3 Å². The Morgan fingerprint density at radius 2 is 1.93 bits per heavy atom. The maximum Gasteiger partial charge on any atom is 0.337 e. The molecule has 0 atom stereocenters. The molecule has 0 aliphatic carbocycles. The van der Waals surface area contributed by atoms with Gasteiger partial charge in [0.2, 0.25) is 11.8 Å². The Balaban J connectivity index is 1.57. The van der Waals surface area contributed by atoms with Crippen molar-refractivity contribution < 1.29 is 23.5 Å². The number of furan rings is 1. The van der Waals surface area contributed by atoms with Gasteiger partial charge in [0.15, 0.2) is 10.9 Å². The van der Waals surface area contributed by atoms with E-state index in [0.29, 0.717) is 34.5 Å². The molecule has 1 aromatic carbocycles. The second kappa shape index (κ2) is 9.66. The van der Waals surface area contributed by atoms with Gasteiger partial charge >= 0.3 is 5.97 Å². The molecule has 3 rings (SSSR count). The van der Waals surface area contributed by atoms with Crippen molar-refractivity contribution in [2.45, 2.75) is 13.5 Å². The van der Waals surface area contributed by atoms with Crippen LogP contribution in [-0.4, -0.2) is 29.9 Å². The smallest absolute Gasteiger partial charge is 0.337 e. The highest BCUT2D eigenvalue weighted by molar-refractivity contribution is 7.14. The number of hydrogen-bond acceptors (Lipinski definition) is 7. The fraction of sp³-hybridized carbons (Fsp3) is 0.143. The molecule has 0 bridgehead atoms. The Kier molecular flexibility index (Phi) is 6.76. The lowest BCUT2D eigenvalue weighted by atomic mass is 10.1. The molecular formula is C21H19N3O5S. The minimum Gasteiger partial charge on any atom is -0.465 e. The number of carbonyl (C=O) groups excluding carboxylic acids is 3. The monoisotopic (exact) mass is 425 g/mol. The van der Waals surface area contributed by atoms with Crippen LogP contribution in [0, 0.1) is 0 Å². The van der Waals surface area contributed by atoms with Crippen LogP contribution in [0.1, 0.15) is 28.6 Å². The predicted octanol–water partition coefficient (Wildman–Crippen LogP) is 3.48. The third kappa shape index (κ3) is 5.65. The molecule has 0 aliphatic rings. The summed E-state index contributed by atoms with van der Waals surface area (Å²) < 4.78 is 10.3. The van der Waals surface area contributed by atoms with E-state index in [9.17, 15) is 14.4 Å². The normalized spacial score (nSPS) is 10.7. The summed E-state index contributed by atoms with van der Waals surface area (Å²) in [7, 11) is 1.32. The summed E-state index contributed by atoms with van der Waals surface area (Å²) in [5.41, 5.74) is 1.79. The van der Waals surface area contributed by atoms with Crippen LogP contribution < -0.4 is 10.6 Å². The van der Waals surface area contributed by atoms with Gasteiger partial charge in [0, 0.05) is 18.4 Å². The van der Waals surface area contributed by atoms with E-state index in [-0.39, 0.29) is 11.8 Å². The van der Waals surface area contributed by atoms with Gasteiger partial charge in [-0.15, -0.1) is 11.3 Å². The Morgan fingerprint density at radius 1 is 1.17 bits per heavy atom. The predicted molar refractivity (Wildman–Crippen MR) is 113 cm³/mol. The molecule has 3 aromatic rings. The van der Waals surface area contributed by atoms with Gasteiger partial charge in [0.1, 0.15) is 11.5 Å². The number of ether oxygens (including phenoxy) is 1. The molecule has 0 aliphatic heterocycles. The summed E-state index contributed by atoms with van der Waals surface area (Å²) in [6, 6.07) is 10.2. The van der Waals surface area contributed by atoms with Gasteiger partial charge in [-0.05, 0) is 35.9 Å². The summed E-state index contributed by atoms with van der Waals surface area (Å²) >= 11 is 1.27. The van der Waals surface area contributed by atoms with E-state index in [4.69, 9.17) is 4.42 Å². The summed E-state index contributed by atoms with van der Waals surface area (Å²) in [4.78, 5) is 38.9. The topological polar surface area (TPSA) is 111 Å². The first-order valence-electron chi connectivity index (χ1n) is 8.91. The summed E-state index contributed by atoms with van der Waals surface area (Å²) in [6.45, 7) is 1.74. The molecule has 0 radical (unpaired) electrons. The molecule has 0 saturated heterocycles. The zero-order valence-electron chi connectivity index (χ0n) is 16.3. The number of esters is 1. The lowest BCUT2D eigenvalue weighted by Gasteiger charge is -1.99. The third-order valence-corrected chi connectivity index (χ3v) is 4.68. The second-order valence-corrected chi connectivity index (χ2v) is 7.01. The molecular weight excluding hydrogens is 406 g/mol. The van der Waals surface area contributed by atoms with Gasteiger partial charge in [0.25, 0.3) is 0 Å². The molecule has 2 amide bonds. The number of nitrogens with zero attached hydrogens (tertiary/aromatic N) is 1. The minimum absolute atomic E-state index is 0.140. The number of nitrogens with one attached hydrogen (secondary N) is 2. The van der Waals surface area contributed by atoms with E-state index in [2.05, 4.69) is 20.4 Å². The average molecular weight is 425 g/mol. The molecule has 0 fully saturated rings. The van der Waals surface area contributed by atoms with Crippen molar-refractivity contribution in [3.05, 3.63) is 64.7 Å². The van der Waals surface area contributed by atoms with Crippen LogP contribution in [0.25, 0.3) is 17.5 Å². The standard InChI is InChI=1S/C21H19N3O5S/c1-13(25)22-11-16-8-9-18(29-16)17-12-30-21(23-17)24-19(26)10-5-14-3-6-15(7-4-14)20(27)28-2/h3-10,12H,11H2,1-2H3,(H,22,25)(H,23,24,26)/b10-5+. The van der Waals surface area contributed by atoms with Crippen molar-refractivity contribution in [3.63, 3.8) is 0 Å². The number of amides is 2. The number of carbonyl (C=O) groups is 3. The average Bonchev–Trinajstić information content (AvgIpc) is 3.40. The van der Waals surface area contributed by atoms with Gasteiger partial charge in [-0.3, -0.25) is 14.9 Å². The first kappa shape index (κ1) is 21.0. The maximum absolute atomic E-state index is 12.1. The van der Waals surface area contributed by atoms with Crippen LogP contribution in [0.15, 0.2) is 52.3 Å². The fourth-order valence-corrected chi connectivity index (χ4v) is 3.14. The van der Waals surface area contributed by atoms with Gasteiger partial charge in [-0.25, -0.2) is 9.78 Å². The van der Waals surface area contributed by atoms with E-state index >= 15 is 0 Å². The summed E-state index contributed by atoms with van der Waals surface area (Å²) in [5, 5.41) is 7.56. The Labute approximate surface area is 176 Å². The van der Waals surface area contributed by atoms with E-state index in [0.717, 1.165) is 5.56 Å². The molecule has 154 valence electrons. The molecule has 0 unspecified atom stereocenters. The highest BCUT2D eigenvalue weighted by atomic mass is 32.1. The number of thiazole rings is 1. The van der Waals surface area contributed by atoms with Crippen LogP contribution in [0.5, 0.6) is 0 Å². The number of aromatic nitrogens is 1. The molecule has 2 aromatic heterocycles. The number of rotatable bonds is 7. The number of methoxy groups -OCH3 is 1. The first-order chi connectivity index (χ1) is 14.4. The fourth-order valence-electron chi connectivity index (χ4n) is 2.43. The molecule has 8 nitrogen and oxygen atoms in total. The van der Waals surface area contributed by atoms with E-state index in [1.165, 1.54) is 31.4 Å². The highest BCUT2D eigenvalue weighted by Crippen LogP contribution is 2.26. The van der Waals surface area contributed by atoms with E-state index in [1.54, 1.807) is 47.9 Å². The maximum atomic E-state index is 12.1. The Hall–Kier alpha value is -3.72. The largest absolute Gasteiger partial charge is 0.465 e. The van der Waals surface area contributed by atoms with Crippen molar-refractivity contribution >= 4 is 40.3 Å².